The Labute approximate surface area is 124 Å². The van der Waals surface area contributed by atoms with Crippen LogP contribution in [0.2, 0.25) is 0 Å². The lowest BCUT2D eigenvalue weighted by atomic mass is 10.0. The zero-order chi connectivity index (χ0) is 14.6. The van der Waals surface area contributed by atoms with Gasteiger partial charge in [-0.25, -0.2) is 0 Å². The summed E-state index contributed by atoms with van der Waals surface area (Å²) < 4.78 is 5.65. The first-order valence-corrected chi connectivity index (χ1v) is 8.19. The summed E-state index contributed by atoms with van der Waals surface area (Å²) >= 11 is 0. The molecule has 0 radical (unpaired) electrons. The van der Waals surface area contributed by atoms with Crippen molar-refractivity contribution in [3.63, 3.8) is 0 Å². The van der Waals surface area contributed by atoms with Gasteiger partial charge in [0, 0.05) is 6.04 Å². The van der Waals surface area contributed by atoms with E-state index in [4.69, 9.17) is 10.5 Å². The smallest absolute Gasteiger partial charge is 0.119 e. The predicted molar refractivity (Wildman–Crippen MR) is 87.3 cm³/mol. The molecule has 114 valence electrons. The largest absolute Gasteiger partial charge is 0.492 e. The third-order valence-corrected chi connectivity index (χ3v) is 3.48. The van der Waals surface area contributed by atoms with E-state index >= 15 is 0 Å². The summed E-state index contributed by atoms with van der Waals surface area (Å²) in [5.74, 6) is 0.947. The standard InChI is InChI=1S/C18H31NO/c1-3-4-5-6-7-8-9-11-17-12-10-13-18(14-17)20-15-16(2)19/h10,12-14,16H,3-9,11,15,19H2,1-2H3. The summed E-state index contributed by atoms with van der Waals surface area (Å²) in [5.41, 5.74) is 7.08. The molecule has 2 heteroatoms. The molecule has 0 aliphatic rings. The molecule has 0 spiro atoms. The van der Waals surface area contributed by atoms with E-state index in [9.17, 15) is 0 Å². The fraction of sp³-hybridized carbons (Fsp3) is 0.667. The maximum atomic E-state index is 5.70. The monoisotopic (exact) mass is 277 g/mol. The Balaban J connectivity index is 2.18. The number of hydrogen-bond donors (Lipinski definition) is 1. The van der Waals surface area contributed by atoms with Crippen molar-refractivity contribution in [1.82, 2.24) is 0 Å². The number of aryl methyl sites for hydroxylation is 1. The summed E-state index contributed by atoms with van der Waals surface area (Å²) in [6.45, 7) is 4.81. The van der Waals surface area contributed by atoms with E-state index in [1.54, 1.807) is 0 Å². The minimum Gasteiger partial charge on any atom is -0.492 e. The van der Waals surface area contributed by atoms with Crippen molar-refractivity contribution in [2.24, 2.45) is 5.73 Å². The number of nitrogens with two attached hydrogens (primary N) is 1. The van der Waals surface area contributed by atoms with Crippen molar-refractivity contribution in [3.05, 3.63) is 29.8 Å². The number of unbranched alkanes of at least 4 members (excludes halogenated alkanes) is 6. The first-order valence-electron chi connectivity index (χ1n) is 8.19. The van der Waals surface area contributed by atoms with E-state index in [1.165, 1.54) is 50.5 Å². The summed E-state index contributed by atoms with van der Waals surface area (Å²) in [6.07, 6.45) is 10.7. The first kappa shape index (κ1) is 17.0. The van der Waals surface area contributed by atoms with E-state index in [0.29, 0.717) is 6.61 Å². The highest BCUT2D eigenvalue weighted by Gasteiger charge is 1.99. The molecule has 1 rings (SSSR count). The van der Waals surface area contributed by atoms with E-state index in [0.717, 1.165) is 12.2 Å². The SMILES string of the molecule is CCCCCCCCCc1cccc(OCC(C)N)c1. The number of ether oxygens (including phenoxy) is 1. The minimum absolute atomic E-state index is 0.0850. The van der Waals surface area contributed by atoms with Crippen LogP contribution < -0.4 is 10.5 Å². The van der Waals surface area contributed by atoms with Crippen LogP contribution in [0.15, 0.2) is 24.3 Å². The number of rotatable bonds is 11. The summed E-state index contributed by atoms with van der Waals surface area (Å²) in [6, 6.07) is 8.51. The van der Waals surface area contributed by atoms with E-state index < -0.39 is 0 Å². The highest BCUT2D eigenvalue weighted by molar-refractivity contribution is 5.28. The van der Waals surface area contributed by atoms with Gasteiger partial charge >= 0.3 is 0 Å². The fourth-order valence-electron chi connectivity index (χ4n) is 2.30. The summed E-state index contributed by atoms with van der Waals surface area (Å²) in [5, 5.41) is 0. The molecule has 0 saturated heterocycles. The van der Waals surface area contributed by atoms with Crippen molar-refractivity contribution in [1.29, 1.82) is 0 Å². The van der Waals surface area contributed by atoms with E-state index in [1.807, 2.05) is 13.0 Å². The minimum atomic E-state index is 0.0850. The van der Waals surface area contributed by atoms with Crippen LogP contribution in [0.4, 0.5) is 0 Å². The first-order chi connectivity index (χ1) is 9.72. The van der Waals surface area contributed by atoms with Gasteiger partial charge in [-0.3, -0.25) is 0 Å². The van der Waals surface area contributed by atoms with Crippen LogP contribution >= 0.6 is 0 Å². The Morgan fingerprint density at radius 1 is 1.05 bits per heavy atom. The van der Waals surface area contributed by atoms with Crippen molar-refractivity contribution < 1.29 is 4.74 Å². The van der Waals surface area contributed by atoms with Gasteiger partial charge in [0.15, 0.2) is 0 Å². The maximum Gasteiger partial charge on any atom is 0.119 e. The van der Waals surface area contributed by atoms with Crippen LogP contribution in [-0.4, -0.2) is 12.6 Å². The van der Waals surface area contributed by atoms with Crippen LogP contribution in [0.1, 0.15) is 64.4 Å². The molecule has 0 saturated carbocycles. The van der Waals surface area contributed by atoms with Gasteiger partial charge in [0.2, 0.25) is 0 Å². The lowest BCUT2D eigenvalue weighted by Gasteiger charge is -2.10. The second kappa shape index (κ2) is 10.7. The number of hydrogen-bond acceptors (Lipinski definition) is 2. The third kappa shape index (κ3) is 8.21. The Morgan fingerprint density at radius 2 is 1.75 bits per heavy atom. The lowest BCUT2D eigenvalue weighted by Crippen LogP contribution is -2.23. The van der Waals surface area contributed by atoms with E-state index in [-0.39, 0.29) is 6.04 Å². The van der Waals surface area contributed by atoms with Crippen LogP contribution in [0.3, 0.4) is 0 Å². The molecule has 20 heavy (non-hydrogen) atoms. The highest BCUT2D eigenvalue weighted by atomic mass is 16.5. The molecule has 1 unspecified atom stereocenters. The molecule has 0 aliphatic heterocycles. The van der Waals surface area contributed by atoms with Crippen LogP contribution in [0, 0.1) is 0 Å². The van der Waals surface area contributed by atoms with Gasteiger partial charge in [-0.05, 0) is 37.5 Å². The van der Waals surface area contributed by atoms with Crippen LogP contribution in [0.5, 0.6) is 5.75 Å². The maximum absolute atomic E-state index is 5.70. The summed E-state index contributed by atoms with van der Waals surface area (Å²) in [7, 11) is 0. The molecule has 0 bridgehead atoms. The molecular formula is C18H31NO. The van der Waals surface area contributed by atoms with Crippen molar-refractivity contribution in [3.8, 4) is 5.75 Å². The molecule has 0 amide bonds. The van der Waals surface area contributed by atoms with Gasteiger partial charge in [0.05, 0.1) is 0 Å². The van der Waals surface area contributed by atoms with Gasteiger partial charge in [-0.1, -0.05) is 57.6 Å². The third-order valence-electron chi connectivity index (χ3n) is 3.48. The fourth-order valence-corrected chi connectivity index (χ4v) is 2.30. The average molecular weight is 277 g/mol. The zero-order valence-corrected chi connectivity index (χ0v) is 13.2. The zero-order valence-electron chi connectivity index (χ0n) is 13.2. The van der Waals surface area contributed by atoms with Crippen molar-refractivity contribution in [2.45, 2.75) is 71.3 Å². The molecule has 1 atom stereocenters. The van der Waals surface area contributed by atoms with E-state index in [2.05, 4.69) is 25.1 Å². The topological polar surface area (TPSA) is 35.2 Å². The molecule has 0 aliphatic carbocycles. The average Bonchev–Trinajstić information content (AvgIpc) is 2.45. The highest BCUT2D eigenvalue weighted by Crippen LogP contribution is 2.16. The molecule has 0 fully saturated rings. The summed E-state index contributed by atoms with van der Waals surface area (Å²) in [4.78, 5) is 0. The Kier molecular flexibility index (Phi) is 9.14. The lowest BCUT2D eigenvalue weighted by molar-refractivity contribution is 0.296. The van der Waals surface area contributed by atoms with Crippen molar-refractivity contribution in [2.75, 3.05) is 6.61 Å². The van der Waals surface area contributed by atoms with Crippen LogP contribution in [-0.2, 0) is 6.42 Å². The molecule has 2 nitrogen and oxygen atoms in total. The van der Waals surface area contributed by atoms with Crippen molar-refractivity contribution >= 4 is 0 Å². The molecule has 2 N–H and O–H groups in total. The molecule has 0 aromatic heterocycles. The van der Waals surface area contributed by atoms with Gasteiger partial charge in [0.25, 0.3) is 0 Å². The Hall–Kier alpha value is -1.02. The quantitative estimate of drug-likeness (QED) is 0.595. The second-order valence-electron chi connectivity index (χ2n) is 5.81. The molecule has 0 heterocycles. The molecule has 1 aromatic rings. The molecular weight excluding hydrogens is 246 g/mol. The predicted octanol–water partition coefficient (Wildman–Crippen LogP) is 4.71. The normalized spacial score (nSPS) is 12.3. The number of benzene rings is 1. The van der Waals surface area contributed by atoms with Gasteiger partial charge in [-0.2, -0.15) is 0 Å². The Bertz CT molecular complexity index is 349. The van der Waals surface area contributed by atoms with Gasteiger partial charge in [-0.15, -0.1) is 0 Å². The van der Waals surface area contributed by atoms with Gasteiger partial charge in [0.1, 0.15) is 12.4 Å². The second-order valence-corrected chi connectivity index (χ2v) is 5.81. The van der Waals surface area contributed by atoms with Gasteiger partial charge < -0.3 is 10.5 Å². The Morgan fingerprint density at radius 3 is 2.45 bits per heavy atom. The van der Waals surface area contributed by atoms with Crippen LogP contribution in [0.25, 0.3) is 0 Å². The molecule has 1 aromatic carbocycles.